The number of nitrogens with zero attached hydrogens (tertiary/aromatic N) is 3. The first-order valence-electron chi connectivity index (χ1n) is 5.47. The molecule has 1 heterocycles. The zero-order valence-corrected chi connectivity index (χ0v) is 9.71. The number of aliphatic hydroxyl groups excluding tert-OH is 1. The molecule has 1 aromatic carbocycles. The van der Waals surface area contributed by atoms with E-state index in [9.17, 15) is 0 Å². The molecule has 1 aromatic heterocycles. The van der Waals surface area contributed by atoms with Gasteiger partial charge in [-0.2, -0.15) is 4.98 Å². The molecule has 17 heavy (non-hydrogen) atoms. The van der Waals surface area contributed by atoms with Gasteiger partial charge in [0.05, 0.1) is 13.2 Å². The standard InChI is InChI=1S/C12H15N3O2/c1-15(7-8-16)9-11-13-12(14-17-11)10-5-3-2-4-6-10/h2-6,16H,7-9H2,1H3. The maximum absolute atomic E-state index is 8.79. The first-order valence-corrected chi connectivity index (χ1v) is 5.47. The summed E-state index contributed by atoms with van der Waals surface area (Å²) in [7, 11) is 1.89. The van der Waals surface area contributed by atoms with Gasteiger partial charge in [0.2, 0.25) is 11.7 Å². The fourth-order valence-corrected chi connectivity index (χ4v) is 1.50. The predicted molar refractivity (Wildman–Crippen MR) is 63.2 cm³/mol. The summed E-state index contributed by atoms with van der Waals surface area (Å²) in [5.74, 6) is 1.15. The fraction of sp³-hybridized carbons (Fsp3) is 0.333. The Morgan fingerprint density at radius 1 is 1.29 bits per heavy atom. The average Bonchev–Trinajstić information content (AvgIpc) is 2.79. The Bertz CT molecular complexity index is 456. The lowest BCUT2D eigenvalue weighted by Gasteiger charge is -2.10. The van der Waals surface area contributed by atoms with Crippen molar-refractivity contribution in [2.24, 2.45) is 0 Å². The molecular formula is C12H15N3O2. The van der Waals surface area contributed by atoms with Gasteiger partial charge in [0, 0.05) is 12.1 Å². The van der Waals surface area contributed by atoms with Crippen molar-refractivity contribution in [3.8, 4) is 11.4 Å². The van der Waals surface area contributed by atoms with E-state index in [-0.39, 0.29) is 6.61 Å². The molecule has 1 N–H and O–H groups in total. The van der Waals surface area contributed by atoms with E-state index in [0.717, 1.165) is 5.56 Å². The van der Waals surface area contributed by atoms with E-state index in [1.54, 1.807) is 0 Å². The average molecular weight is 233 g/mol. The van der Waals surface area contributed by atoms with Gasteiger partial charge >= 0.3 is 0 Å². The molecule has 5 heteroatoms. The van der Waals surface area contributed by atoms with Crippen molar-refractivity contribution in [3.63, 3.8) is 0 Å². The van der Waals surface area contributed by atoms with E-state index in [1.165, 1.54) is 0 Å². The Morgan fingerprint density at radius 3 is 2.76 bits per heavy atom. The number of hydrogen-bond donors (Lipinski definition) is 1. The molecule has 2 aromatic rings. The molecule has 0 radical (unpaired) electrons. The summed E-state index contributed by atoms with van der Waals surface area (Å²) >= 11 is 0. The van der Waals surface area contributed by atoms with Gasteiger partial charge in [-0.05, 0) is 7.05 Å². The summed E-state index contributed by atoms with van der Waals surface area (Å²) in [6, 6.07) is 9.68. The van der Waals surface area contributed by atoms with Crippen molar-refractivity contribution in [1.29, 1.82) is 0 Å². The summed E-state index contributed by atoms with van der Waals surface area (Å²) in [6.07, 6.45) is 0. The minimum atomic E-state index is 0.121. The summed E-state index contributed by atoms with van der Waals surface area (Å²) in [5, 5.41) is 12.7. The van der Waals surface area contributed by atoms with E-state index in [2.05, 4.69) is 10.1 Å². The Hall–Kier alpha value is -1.72. The Morgan fingerprint density at radius 2 is 2.06 bits per heavy atom. The molecule has 0 unspecified atom stereocenters. The minimum Gasteiger partial charge on any atom is -0.395 e. The number of rotatable bonds is 5. The van der Waals surface area contributed by atoms with Crippen LogP contribution < -0.4 is 0 Å². The summed E-state index contributed by atoms with van der Waals surface area (Å²) in [6.45, 7) is 1.25. The summed E-state index contributed by atoms with van der Waals surface area (Å²) in [5.41, 5.74) is 0.937. The second-order valence-electron chi connectivity index (χ2n) is 3.84. The molecule has 0 amide bonds. The van der Waals surface area contributed by atoms with E-state index >= 15 is 0 Å². The number of hydrogen-bond acceptors (Lipinski definition) is 5. The first-order chi connectivity index (χ1) is 8.29. The maximum atomic E-state index is 8.79. The third-order valence-electron chi connectivity index (χ3n) is 2.39. The molecule has 0 bridgehead atoms. The SMILES string of the molecule is CN(CCO)Cc1nc(-c2ccccc2)no1. The van der Waals surface area contributed by atoms with Crippen LogP contribution in [0.5, 0.6) is 0 Å². The molecule has 5 nitrogen and oxygen atoms in total. The first kappa shape index (κ1) is 11.8. The zero-order chi connectivity index (χ0) is 12.1. The van der Waals surface area contributed by atoms with E-state index in [4.69, 9.17) is 9.63 Å². The van der Waals surface area contributed by atoms with Crippen LogP contribution in [0.1, 0.15) is 5.89 Å². The van der Waals surface area contributed by atoms with Crippen LogP contribution in [0.25, 0.3) is 11.4 Å². The monoisotopic (exact) mass is 233 g/mol. The van der Waals surface area contributed by atoms with Gasteiger partial charge in [0.25, 0.3) is 0 Å². The number of aliphatic hydroxyl groups is 1. The topological polar surface area (TPSA) is 62.4 Å². The van der Waals surface area contributed by atoms with E-state index < -0.39 is 0 Å². The lowest BCUT2D eigenvalue weighted by atomic mass is 10.2. The maximum Gasteiger partial charge on any atom is 0.241 e. The highest BCUT2D eigenvalue weighted by molar-refractivity contribution is 5.53. The van der Waals surface area contributed by atoms with Crippen LogP contribution in [0.4, 0.5) is 0 Å². The lowest BCUT2D eigenvalue weighted by molar-refractivity contribution is 0.200. The van der Waals surface area contributed by atoms with Crippen LogP contribution in [0.2, 0.25) is 0 Å². The van der Waals surface area contributed by atoms with Gasteiger partial charge in [0.1, 0.15) is 0 Å². The van der Waals surface area contributed by atoms with Crippen molar-refractivity contribution in [3.05, 3.63) is 36.2 Å². The largest absolute Gasteiger partial charge is 0.395 e. The van der Waals surface area contributed by atoms with E-state index in [1.807, 2.05) is 42.3 Å². The minimum absolute atomic E-state index is 0.121. The Balaban J connectivity index is 2.06. The molecule has 0 fully saturated rings. The van der Waals surface area contributed by atoms with E-state index in [0.29, 0.717) is 24.8 Å². The third kappa shape index (κ3) is 3.12. The third-order valence-corrected chi connectivity index (χ3v) is 2.39. The van der Waals surface area contributed by atoms with Crippen molar-refractivity contribution in [2.45, 2.75) is 6.54 Å². The molecule has 90 valence electrons. The van der Waals surface area contributed by atoms with Crippen molar-refractivity contribution in [1.82, 2.24) is 15.0 Å². The summed E-state index contributed by atoms with van der Waals surface area (Å²) in [4.78, 5) is 6.22. The van der Waals surface area contributed by atoms with Crippen molar-refractivity contribution in [2.75, 3.05) is 20.2 Å². The van der Waals surface area contributed by atoms with Gasteiger partial charge < -0.3 is 9.63 Å². The van der Waals surface area contributed by atoms with Crippen LogP contribution in [0.15, 0.2) is 34.9 Å². The van der Waals surface area contributed by atoms with Crippen LogP contribution in [0.3, 0.4) is 0 Å². The van der Waals surface area contributed by atoms with Gasteiger partial charge in [-0.15, -0.1) is 0 Å². The molecule has 0 spiro atoms. The quantitative estimate of drug-likeness (QED) is 0.839. The van der Waals surface area contributed by atoms with Gasteiger partial charge in [-0.25, -0.2) is 0 Å². The number of aromatic nitrogens is 2. The fourth-order valence-electron chi connectivity index (χ4n) is 1.50. The smallest absolute Gasteiger partial charge is 0.241 e. The normalized spacial score (nSPS) is 11.0. The highest BCUT2D eigenvalue weighted by Gasteiger charge is 2.09. The highest BCUT2D eigenvalue weighted by atomic mass is 16.5. The molecule has 0 aliphatic rings. The van der Waals surface area contributed by atoms with Crippen LogP contribution in [-0.2, 0) is 6.54 Å². The van der Waals surface area contributed by atoms with Crippen LogP contribution in [-0.4, -0.2) is 40.3 Å². The van der Waals surface area contributed by atoms with Gasteiger partial charge in [-0.1, -0.05) is 35.5 Å². The number of benzene rings is 1. The Kier molecular flexibility index (Phi) is 3.85. The Labute approximate surface area is 99.7 Å². The van der Waals surface area contributed by atoms with Crippen LogP contribution in [0, 0.1) is 0 Å². The second-order valence-corrected chi connectivity index (χ2v) is 3.84. The number of likely N-dealkylation sites (N-methyl/N-ethyl adjacent to an activating group) is 1. The van der Waals surface area contributed by atoms with Crippen molar-refractivity contribution < 1.29 is 9.63 Å². The molecule has 0 saturated carbocycles. The molecule has 0 aliphatic carbocycles. The highest BCUT2D eigenvalue weighted by Crippen LogP contribution is 2.15. The second kappa shape index (κ2) is 5.56. The molecule has 0 saturated heterocycles. The molecule has 0 atom stereocenters. The lowest BCUT2D eigenvalue weighted by Crippen LogP contribution is -2.21. The zero-order valence-electron chi connectivity index (χ0n) is 9.71. The molecule has 0 aliphatic heterocycles. The van der Waals surface area contributed by atoms with Crippen LogP contribution >= 0.6 is 0 Å². The molecule has 2 rings (SSSR count). The molecular weight excluding hydrogens is 218 g/mol. The summed E-state index contributed by atoms with van der Waals surface area (Å²) < 4.78 is 5.15. The van der Waals surface area contributed by atoms with Crippen molar-refractivity contribution >= 4 is 0 Å². The predicted octanol–water partition coefficient (Wildman–Crippen LogP) is 1.16. The van der Waals surface area contributed by atoms with Gasteiger partial charge in [-0.3, -0.25) is 4.90 Å². The van der Waals surface area contributed by atoms with Gasteiger partial charge in [0.15, 0.2) is 0 Å².